The van der Waals surface area contributed by atoms with Crippen LogP contribution in [0.1, 0.15) is 21.6 Å². The van der Waals surface area contributed by atoms with E-state index in [-0.39, 0.29) is 0 Å². The Labute approximate surface area is 165 Å². The van der Waals surface area contributed by atoms with Crippen LogP contribution in [0.5, 0.6) is 5.75 Å². The summed E-state index contributed by atoms with van der Waals surface area (Å²) in [6.07, 6.45) is 1.58. The third-order valence-electron chi connectivity index (χ3n) is 4.55. The summed E-state index contributed by atoms with van der Waals surface area (Å²) in [5, 5.41) is 6.38. The van der Waals surface area contributed by atoms with Gasteiger partial charge in [-0.15, -0.1) is 11.3 Å². The number of benzene rings is 1. The van der Waals surface area contributed by atoms with Crippen molar-refractivity contribution in [1.82, 2.24) is 14.7 Å². The van der Waals surface area contributed by atoms with Gasteiger partial charge in [0.1, 0.15) is 5.75 Å². The quantitative estimate of drug-likeness (QED) is 0.537. The standard InChI is InChI=1S/C20H18N4O3S/c1-12-15(19(21)25)9-17(16-11-28-20(23-16)18-7-8-22-27-18)24(12)10-13-3-5-14(26-2)6-4-13/h3-9,11H,10H2,1-2H3,(H2,21,25). The molecule has 2 N–H and O–H groups in total. The monoisotopic (exact) mass is 394 g/mol. The van der Waals surface area contributed by atoms with E-state index >= 15 is 0 Å². The number of carbonyl (C=O) groups excluding carboxylic acids is 1. The van der Waals surface area contributed by atoms with Gasteiger partial charge in [-0.3, -0.25) is 4.79 Å². The van der Waals surface area contributed by atoms with Crippen molar-refractivity contribution in [3.05, 3.63) is 64.8 Å². The molecule has 0 fully saturated rings. The number of hydrogen-bond acceptors (Lipinski definition) is 6. The second-order valence-corrected chi connectivity index (χ2v) is 7.10. The molecule has 28 heavy (non-hydrogen) atoms. The van der Waals surface area contributed by atoms with Gasteiger partial charge in [-0.05, 0) is 30.7 Å². The summed E-state index contributed by atoms with van der Waals surface area (Å²) in [4.78, 5) is 16.6. The third-order valence-corrected chi connectivity index (χ3v) is 5.40. The molecule has 3 aromatic heterocycles. The molecule has 0 atom stereocenters. The fraction of sp³-hybridized carbons (Fsp3) is 0.150. The lowest BCUT2D eigenvalue weighted by molar-refractivity contribution is 0.0999. The molecule has 4 aromatic rings. The smallest absolute Gasteiger partial charge is 0.250 e. The molecule has 7 nitrogen and oxygen atoms in total. The topological polar surface area (TPSA) is 96.2 Å². The number of amides is 1. The predicted molar refractivity (Wildman–Crippen MR) is 106 cm³/mol. The van der Waals surface area contributed by atoms with Gasteiger partial charge in [-0.2, -0.15) is 0 Å². The normalized spacial score (nSPS) is 10.9. The molecule has 0 radical (unpaired) electrons. The van der Waals surface area contributed by atoms with Crippen LogP contribution in [0.4, 0.5) is 0 Å². The number of thiazole rings is 1. The Morgan fingerprint density at radius 2 is 2.07 bits per heavy atom. The van der Waals surface area contributed by atoms with Crippen molar-refractivity contribution in [2.45, 2.75) is 13.5 Å². The number of aromatic nitrogens is 3. The zero-order chi connectivity index (χ0) is 19.7. The highest BCUT2D eigenvalue weighted by Gasteiger charge is 2.19. The molecular formula is C20H18N4O3S. The van der Waals surface area contributed by atoms with E-state index in [1.54, 1.807) is 25.4 Å². The molecule has 0 unspecified atom stereocenters. The van der Waals surface area contributed by atoms with E-state index in [9.17, 15) is 4.79 Å². The molecule has 4 rings (SSSR count). The Morgan fingerprint density at radius 1 is 1.29 bits per heavy atom. The van der Waals surface area contributed by atoms with Gasteiger partial charge in [0, 0.05) is 23.7 Å². The van der Waals surface area contributed by atoms with E-state index < -0.39 is 5.91 Å². The van der Waals surface area contributed by atoms with E-state index in [1.807, 2.05) is 41.1 Å². The molecule has 0 saturated heterocycles. The molecule has 1 amide bonds. The Morgan fingerprint density at radius 3 is 2.71 bits per heavy atom. The molecular weight excluding hydrogens is 376 g/mol. The highest BCUT2D eigenvalue weighted by Crippen LogP contribution is 2.32. The Balaban J connectivity index is 1.75. The molecule has 8 heteroatoms. The van der Waals surface area contributed by atoms with Crippen LogP contribution < -0.4 is 10.5 Å². The van der Waals surface area contributed by atoms with Crippen LogP contribution in [-0.2, 0) is 6.54 Å². The van der Waals surface area contributed by atoms with Crippen molar-refractivity contribution in [3.63, 3.8) is 0 Å². The number of primary amides is 1. The molecule has 1 aromatic carbocycles. The minimum Gasteiger partial charge on any atom is -0.497 e. The molecule has 3 heterocycles. The molecule has 0 saturated carbocycles. The maximum Gasteiger partial charge on any atom is 0.250 e. The van der Waals surface area contributed by atoms with Crippen LogP contribution in [0.2, 0.25) is 0 Å². The lowest BCUT2D eigenvalue weighted by Crippen LogP contribution is -2.12. The second kappa shape index (κ2) is 7.32. The first-order chi connectivity index (χ1) is 13.6. The van der Waals surface area contributed by atoms with Crippen LogP contribution in [-0.4, -0.2) is 27.7 Å². The Bertz CT molecular complexity index is 1110. The van der Waals surface area contributed by atoms with Crippen molar-refractivity contribution in [2.24, 2.45) is 5.73 Å². The van der Waals surface area contributed by atoms with Gasteiger partial charge >= 0.3 is 0 Å². The molecule has 0 spiro atoms. The average Bonchev–Trinajstić information content (AvgIpc) is 3.43. The highest BCUT2D eigenvalue weighted by atomic mass is 32.1. The summed E-state index contributed by atoms with van der Waals surface area (Å²) in [5.41, 5.74) is 9.51. The summed E-state index contributed by atoms with van der Waals surface area (Å²) in [7, 11) is 1.64. The number of hydrogen-bond donors (Lipinski definition) is 1. The summed E-state index contributed by atoms with van der Waals surface area (Å²) in [6.45, 7) is 2.46. The molecule has 0 aliphatic carbocycles. The summed E-state index contributed by atoms with van der Waals surface area (Å²) >= 11 is 1.45. The number of methoxy groups -OCH3 is 1. The number of rotatable bonds is 6. The molecule has 142 valence electrons. The minimum absolute atomic E-state index is 0.460. The van der Waals surface area contributed by atoms with Crippen molar-refractivity contribution in [2.75, 3.05) is 7.11 Å². The number of ether oxygens (including phenoxy) is 1. The van der Waals surface area contributed by atoms with E-state index in [4.69, 9.17) is 15.0 Å². The summed E-state index contributed by atoms with van der Waals surface area (Å²) < 4.78 is 12.5. The lowest BCUT2D eigenvalue weighted by atomic mass is 10.2. The van der Waals surface area contributed by atoms with Gasteiger partial charge in [0.15, 0.2) is 10.8 Å². The zero-order valence-electron chi connectivity index (χ0n) is 15.4. The van der Waals surface area contributed by atoms with Gasteiger partial charge in [0.25, 0.3) is 5.91 Å². The zero-order valence-corrected chi connectivity index (χ0v) is 16.2. The van der Waals surface area contributed by atoms with Crippen LogP contribution in [0.25, 0.3) is 22.2 Å². The minimum atomic E-state index is -0.460. The predicted octanol–water partition coefficient (Wildman–Crippen LogP) is 3.73. The van der Waals surface area contributed by atoms with Crippen molar-refractivity contribution < 1.29 is 14.1 Å². The van der Waals surface area contributed by atoms with Crippen LogP contribution in [0, 0.1) is 6.92 Å². The number of nitrogens with two attached hydrogens (primary N) is 1. The van der Waals surface area contributed by atoms with Crippen LogP contribution >= 0.6 is 11.3 Å². The SMILES string of the molecule is COc1ccc(Cn2c(-c3csc(-c4ccno4)n3)cc(C(N)=O)c2C)cc1. The van der Waals surface area contributed by atoms with E-state index in [2.05, 4.69) is 10.1 Å². The van der Waals surface area contributed by atoms with E-state index in [1.165, 1.54) is 11.3 Å². The first kappa shape index (κ1) is 18.0. The van der Waals surface area contributed by atoms with E-state index in [0.717, 1.165) is 33.4 Å². The molecule has 0 aliphatic heterocycles. The first-order valence-electron chi connectivity index (χ1n) is 8.56. The Kier molecular flexibility index (Phi) is 4.70. The van der Waals surface area contributed by atoms with Crippen molar-refractivity contribution in [3.8, 4) is 27.9 Å². The number of nitrogens with zero attached hydrogens (tertiary/aromatic N) is 3. The maximum absolute atomic E-state index is 11.9. The van der Waals surface area contributed by atoms with Crippen molar-refractivity contribution >= 4 is 17.2 Å². The van der Waals surface area contributed by atoms with Crippen LogP contribution in [0.3, 0.4) is 0 Å². The Hall–Kier alpha value is -3.39. The molecule has 0 bridgehead atoms. The van der Waals surface area contributed by atoms with Gasteiger partial charge in [0.05, 0.1) is 30.3 Å². The first-order valence-corrected chi connectivity index (χ1v) is 9.44. The van der Waals surface area contributed by atoms with Gasteiger partial charge < -0.3 is 19.6 Å². The summed E-state index contributed by atoms with van der Waals surface area (Å²) in [6, 6.07) is 11.4. The average molecular weight is 394 g/mol. The van der Waals surface area contributed by atoms with Crippen LogP contribution in [0.15, 0.2) is 52.5 Å². The van der Waals surface area contributed by atoms with Crippen molar-refractivity contribution in [1.29, 1.82) is 0 Å². The van der Waals surface area contributed by atoms with Gasteiger partial charge in [-0.1, -0.05) is 17.3 Å². The highest BCUT2D eigenvalue weighted by molar-refractivity contribution is 7.13. The molecule has 0 aliphatic rings. The largest absolute Gasteiger partial charge is 0.497 e. The fourth-order valence-electron chi connectivity index (χ4n) is 3.05. The maximum atomic E-state index is 11.9. The third kappa shape index (κ3) is 3.29. The van der Waals surface area contributed by atoms with Gasteiger partial charge in [0.2, 0.25) is 0 Å². The van der Waals surface area contributed by atoms with E-state index in [0.29, 0.717) is 17.9 Å². The number of carbonyl (C=O) groups is 1. The fourth-order valence-corrected chi connectivity index (χ4v) is 3.82. The summed E-state index contributed by atoms with van der Waals surface area (Å²) in [5.74, 6) is 0.941. The lowest BCUT2D eigenvalue weighted by Gasteiger charge is -2.11. The second-order valence-electron chi connectivity index (χ2n) is 6.24. The van der Waals surface area contributed by atoms with Gasteiger partial charge in [-0.25, -0.2) is 4.98 Å².